The highest BCUT2D eigenvalue weighted by Crippen LogP contribution is 2.38. The maximum atomic E-state index is 13.6. The highest BCUT2D eigenvalue weighted by atomic mass is 35.5. The molecule has 0 bridgehead atoms. The van der Waals surface area contributed by atoms with E-state index in [2.05, 4.69) is 27.1 Å². The second kappa shape index (κ2) is 10.3. The van der Waals surface area contributed by atoms with E-state index in [4.69, 9.17) is 11.6 Å². The van der Waals surface area contributed by atoms with Crippen LogP contribution in [-0.2, 0) is 17.4 Å². The summed E-state index contributed by atoms with van der Waals surface area (Å²) in [4.78, 5) is 26.5. The highest BCUT2D eigenvalue weighted by molar-refractivity contribution is 6.31. The number of halogens is 4. The summed E-state index contributed by atoms with van der Waals surface area (Å²) in [6, 6.07) is 3.83. The van der Waals surface area contributed by atoms with Gasteiger partial charge in [-0.25, -0.2) is 9.97 Å². The van der Waals surface area contributed by atoms with Crippen LogP contribution in [0.2, 0.25) is 5.02 Å². The Labute approximate surface area is 208 Å². The molecule has 190 valence electrons. The first-order chi connectivity index (χ1) is 16.6. The molecule has 2 aromatic rings. The van der Waals surface area contributed by atoms with Crippen LogP contribution in [0.3, 0.4) is 0 Å². The van der Waals surface area contributed by atoms with Crippen molar-refractivity contribution < 1.29 is 18.0 Å². The van der Waals surface area contributed by atoms with E-state index in [1.54, 1.807) is 11.2 Å². The molecule has 1 aliphatic carbocycles. The Morgan fingerprint density at radius 1 is 1.20 bits per heavy atom. The number of anilines is 1. The van der Waals surface area contributed by atoms with E-state index in [1.165, 1.54) is 17.7 Å². The minimum atomic E-state index is -4.59. The number of fused-ring (bicyclic) bond motifs is 1. The second-order valence-electron chi connectivity index (χ2n) is 9.66. The molecule has 4 rings (SSSR count). The summed E-state index contributed by atoms with van der Waals surface area (Å²) < 4.78 is 40.4. The van der Waals surface area contributed by atoms with Gasteiger partial charge >= 0.3 is 6.18 Å². The SMILES string of the molecule is CC(C)NC[C@@H](C(=O)N1CCN(c2ncnc3c2C(C)CC3)CC1)c1ccc(Cl)c(C(F)(F)F)c1. The molecule has 1 fully saturated rings. The van der Waals surface area contributed by atoms with Crippen LogP contribution in [-0.4, -0.2) is 59.5 Å². The topological polar surface area (TPSA) is 61.4 Å². The molecule has 0 spiro atoms. The minimum Gasteiger partial charge on any atom is -0.353 e. The van der Waals surface area contributed by atoms with Gasteiger partial charge in [0.25, 0.3) is 0 Å². The van der Waals surface area contributed by atoms with Gasteiger partial charge in [-0.3, -0.25) is 4.79 Å². The van der Waals surface area contributed by atoms with Crippen molar-refractivity contribution in [1.82, 2.24) is 20.2 Å². The van der Waals surface area contributed by atoms with Gasteiger partial charge in [-0.2, -0.15) is 13.2 Å². The van der Waals surface area contributed by atoms with E-state index in [0.717, 1.165) is 30.4 Å². The lowest BCUT2D eigenvalue weighted by molar-refractivity contribution is -0.138. The number of benzene rings is 1. The number of piperazine rings is 1. The van der Waals surface area contributed by atoms with Gasteiger partial charge in [-0.05, 0) is 36.5 Å². The van der Waals surface area contributed by atoms with E-state index in [1.807, 2.05) is 13.8 Å². The molecule has 2 atom stereocenters. The predicted molar refractivity (Wildman–Crippen MR) is 130 cm³/mol. The van der Waals surface area contributed by atoms with Gasteiger partial charge in [0.1, 0.15) is 12.1 Å². The van der Waals surface area contributed by atoms with Crippen LogP contribution < -0.4 is 10.2 Å². The normalized spacial score (nSPS) is 19.3. The Morgan fingerprint density at radius 2 is 1.91 bits per heavy atom. The fourth-order valence-electron chi connectivity index (χ4n) is 4.91. The van der Waals surface area contributed by atoms with Gasteiger partial charge < -0.3 is 15.1 Å². The Kier molecular flexibility index (Phi) is 7.57. The number of rotatable bonds is 6. The largest absolute Gasteiger partial charge is 0.417 e. The molecule has 1 aromatic carbocycles. The molecule has 1 saturated heterocycles. The van der Waals surface area contributed by atoms with E-state index < -0.39 is 17.7 Å². The zero-order chi connectivity index (χ0) is 25.3. The number of carbonyl (C=O) groups is 1. The van der Waals surface area contributed by atoms with Crippen molar-refractivity contribution in [2.75, 3.05) is 37.6 Å². The zero-order valence-electron chi connectivity index (χ0n) is 20.2. The number of nitrogens with zero attached hydrogens (tertiary/aromatic N) is 4. The monoisotopic (exact) mass is 509 g/mol. The molecule has 2 heterocycles. The molecular weight excluding hydrogens is 479 g/mol. The van der Waals surface area contributed by atoms with Gasteiger partial charge in [-0.15, -0.1) is 0 Å². The lowest BCUT2D eigenvalue weighted by Gasteiger charge is -2.38. The maximum absolute atomic E-state index is 13.6. The Morgan fingerprint density at radius 3 is 2.57 bits per heavy atom. The second-order valence-corrected chi connectivity index (χ2v) is 10.1. The fourth-order valence-corrected chi connectivity index (χ4v) is 5.14. The summed E-state index contributed by atoms with van der Waals surface area (Å²) in [7, 11) is 0. The number of aromatic nitrogens is 2. The zero-order valence-corrected chi connectivity index (χ0v) is 21.0. The van der Waals surface area contributed by atoms with Crippen molar-refractivity contribution in [2.24, 2.45) is 0 Å². The molecule has 2 aliphatic rings. The number of alkyl halides is 3. The molecule has 1 amide bonds. The van der Waals surface area contributed by atoms with Crippen LogP contribution >= 0.6 is 11.6 Å². The third kappa shape index (κ3) is 5.56. The molecule has 0 radical (unpaired) electrons. The average Bonchev–Trinajstić information content (AvgIpc) is 3.20. The minimum absolute atomic E-state index is 0.0818. The summed E-state index contributed by atoms with van der Waals surface area (Å²) in [5, 5.41) is 2.84. The quantitative estimate of drug-likeness (QED) is 0.615. The smallest absolute Gasteiger partial charge is 0.353 e. The van der Waals surface area contributed by atoms with Gasteiger partial charge in [-0.1, -0.05) is 38.4 Å². The molecular formula is C25H31ClF3N5O. The van der Waals surface area contributed by atoms with Crippen LogP contribution in [0.25, 0.3) is 0 Å². The van der Waals surface area contributed by atoms with Gasteiger partial charge in [0, 0.05) is 50.0 Å². The molecule has 35 heavy (non-hydrogen) atoms. The van der Waals surface area contributed by atoms with Crippen LogP contribution in [0.4, 0.5) is 19.0 Å². The van der Waals surface area contributed by atoms with E-state index in [9.17, 15) is 18.0 Å². The first-order valence-electron chi connectivity index (χ1n) is 12.0. The van der Waals surface area contributed by atoms with Crippen molar-refractivity contribution >= 4 is 23.3 Å². The number of hydrogen-bond acceptors (Lipinski definition) is 5. The number of amides is 1. The number of hydrogen-bond donors (Lipinski definition) is 1. The van der Waals surface area contributed by atoms with Crippen LogP contribution in [0.1, 0.15) is 61.4 Å². The van der Waals surface area contributed by atoms with Crippen LogP contribution in [0.5, 0.6) is 0 Å². The fraction of sp³-hybridized carbons (Fsp3) is 0.560. The molecule has 1 unspecified atom stereocenters. The summed E-state index contributed by atoms with van der Waals surface area (Å²) in [6.45, 7) is 8.47. The summed E-state index contributed by atoms with van der Waals surface area (Å²) >= 11 is 5.82. The standard InChI is InChI=1S/C25H31ClF3N5O/c1-15(2)30-13-18(17-5-6-20(26)19(12-17)25(27,28)29)24(35)34-10-8-33(9-11-34)23-22-16(3)4-7-21(22)31-14-32-23/h5-6,12,14-16,18,30H,4,7-11,13H2,1-3H3/t16?,18-/m1/s1. The first-order valence-corrected chi connectivity index (χ1v) is 12.4. The molecule has 1 N–H and O–H groups in total. The van der Waals surface area contributed by atoms with Crippen molar-refractivity contribution in [3.8, 4) is 0 Å². The van der Waals surface area contributed by atoms with Crippen molar-refractivity contribution in [3.63, 3.8) is 0 Å². The van der Waals surface area contributed by atoms with Crippen molar-refractivity contribution in [2.45, 2.75) is 57.7 Å². The van der Waals surface area contributed by atoms with Gasteiger partial charge in [0.15, 0.2) is 0 Å². The lowest BCUT2D eigenvalue weighted by atomic mass is 9.94. The van der Waals surface area contributed by atoms with Gasteiger partial charge in [0.05, 0.1) is 16.5 Å². The van der Waals surface area contributed by atoms with Gasteiger partial charge in [0.2, 0.25) is 5.91 Å². The van der Waals surface area contributed by atoms with Crippen LogP contribution in [0.15, 0.2) is 24.5 Å². The third-order valence-electron chi connectivity index (χ3n) is 6.87. The molecule has 0 saturated carbocycles. The molecule has 10 heteroatoms. The first kappa shape index (κ1) is 25.7. The summed E-state index contributed by atoms with van der Waals surface area (Å²) in [5.74, 6) is 0.415. The molecule has 1 aromatic heterocycles. The Bertz CT molecular complexity index is 1070. The molecule has 6 nitrogen and oxygen atoms in total. The molecule has 1 aliphatic heterocycles. The Hall–Kier alpha value is -2.39. The lowest BCUT2D eigenvalue weighted by Crippen LogP contribution is -2.51. The average molecular weight is 510 g/mol. The van der Waals surface area contributed by atoms with E-state index in [0.29, 0.717) is 37.7 Å². The number of aryl methyl sites for hydroxylation is 1. The third-order valence-corrected chi connectivity index (χ3v) is 7.20. The van der Waals surface area contributed by atoms with E-state index >= 15 is 0 Å². The van der Waals surface area contributed by atoms with Crippen molar-refractivity contribution in [1.29, 1.82) is 0 Å². The summed E-state index contributed by atoms with van der Waals surface area (Å²) in [6.07, 6.45) is -0.968. The summed E-state index contributed by atoms with van der Waals surface area (Å²) in [5.41, 5.74) is 1.69. The number of carbonyl (C=O) groups excluding carboxylic acids is 1. The van der Waals surface area contributed by atoms with E-state index in [-0.39, 0.29) is 23.5 Å². The predicted octanol–water partition coefficient (Wildman–Crippen LogP) is 4.63. The highest BCUT2D eigenvalue weighted by Gasteiger charge is 2.36. The Balaban J connectivity index is 1.52. The number of nitrogens with one attached hydrogen (secondary N) is 1. The van der Waals surface area contributed by atoms with Crippen molar-refractivity contribution in [3.05, 3.63) is 51.9 Å². The van der Waals surface area contributed by atoms with Crippen LogP contribution in [0, 0.1) is 0 Å². The maximum Gasteiger partial charge on any atom is 0.417 e.